The van der Waals surface area contributed by atoms with Crippen LogP contribution < -0.4 is 4.74 Å². The molecule has 2 aromatic rings. The quantitative estimate of drug-likeness (QED) is 0.931. The third kappa shape index (κ3) is 2.71. The van der Waals surface area contributed by atoms with E-state index in [1.807, 2.05) is 19.1 Å². The normalized spacial score (nSPS) is 18.6. The molecule has 5 nitrogen and oxygen atoms in total. The summed E-state index contributed by atoms with van der Waals surface area (Å²) in [7, 11) is 0. The van der Waals surface area contributed by atoms with E-state index in [9.17, 15) is 5.11 Å². The van der Waals surface area contributed by atoms with Gasteiger partial charge >= 0.3 is 0 Å². The number of hydrogen-bond donors (Lipinski definition) is 1. The van der Waals surface area contributed by atoms with E-state index in [1.54, 1.807) is 10.9 Å². The van der Waals surface area contributed by atoms with Gasteiger partial charge in [0.15, 0.2) is 0 Å². The van der Waals surface area contributed by atoms with Crippen LogP contribution in [0.15, 0.2) is 28.9 Å². The first-order valence-corrected chi connectivity index (χ1v) is 7.48. The number of halogens is 1. The Morgan fingerprint density at radius 2 is 2.40 bits per heavy atom. The molecule has 1 aliphatic heterocycles. The van der Waals surface area contributed by atoms with Gasteiger partial charge in [0.1, 0.15) is 17.5 Å². The molecular formula is C14H16BrN3O2. The van der Waals surface area contributed by atoms with Gasteiger partial charge in [-0.05, 0) is 30.2 Å². The highest BCUT2D eigenvalue weighted by atomic mass is 79.9. The molecule has 0 aliphatic carbocycles. The predicted octanol–water partition coefficient (Wildman–Crippen LogP) is 2.49. The molecule has 106 valence electrons. The molecule has 1 aromatic carbocycles. The maximum atomic E-state index is 9.72. The summed E-state index contributed by atoms with van der Waals surface area (Å²) in [4.78, 5) is 0. The van der Waals surface area contributed by atoms with E-state index in [-0.39, 0.29) is 6.10 Å². The van der Waals surface area contributed by atoms with Crippen molar-refractivity contribution in [1.29, 1.82) is 0 Å². The Hall–Kier alpha value is -1.40. The Kier molecular flexibility index (Phi) is 3.76. The zero-order valence-electron chi connectivity index (χ0n) is 11.2. The predicted molar refractivity (Wildman–Crippen MR) is 77.5 cm³/mol. The van der Waals surface area contributed by atoms with Crippen LogP contribution in [0, 0.1) is 0 Å². The molecule has 0 amide bonds. The lowest BCUT2D eigenvalue weighted by Gasteiger charge is -2.09. The van der Waals surface area contributed by atoms with Crippen LogP contribution in [0.3, 0.4) is 0 Å². The minimum Gasteiger partial charge on any atom is -0.488 e. The Labute approximate surface area is 125 Å². The number of rotatable bonds is 4. The largest absolute Gasteiger partial charge is 0.488 e. The van der Waals surface area contributed by atoms with Crippen LogP contribution in [-0.4, -0.2) is 26.2 Å². The summed E-state index contributed by atoms with van der Waals surface area (Å²) in [5.41, 5.74) is 1.82. The van der Waals surface area contributed by atoms with E-state index in [4.69, 9.17) is 4.74 Å². The van der Waals surface area contributed by atoms with Gasteiger partial charge in [-0.25, -0.2) is 4.68 Å². The molecule has 20 heavy (non-hydrogen) atoms. The Balaban J connectivity index is 1.67. The first-order valence-electron chi connectivity index (χ1n) is 6.69. The number of fused-ring (bicyclic) bond motifs is 1. The number of benzene rings is 1. The van der Waals surface area contributed by atoms with E-state index >= 15 is 0 Å². The first kappa shape index (κ1) is 13.6. The fraction of sp³-hybridized carbons (Fsp3) is 0.429. The molecule has 2 unspecified atom stereocenters. The highest BCUT2D eigenvalue weighted by molar-refractivity contribution is 9.10. The highest BCUT2D eigenvalue weighted by Crippen LogP contribution is 2.31. The van der Waals surface area contributed by atoms with Crippen molar-refractivity contribution in [2.24, 2.45) is 0 Å². The van der Waals surface area contributed by atoms with Crippen molar-refractivity contribution >= 4 is 15.9 Å². The van der Waals surface area contributed by atoms with Crippen LogP contribution in [0.4, 0.5) is 0 Å². The van der Waals surface area contributed by atoms with Gasteiger partial charge in [-0.1, -0.05) is 28.1 Å². The summed E-state index contributed by atoms with van der Waals surface area (Å²) in [6.07, 6.45) is 2.81. The molecule has 1 aromatic heterocycles. The Bertz CT molecular complexity index is 614. The molecule has 6 heteroatoms. The molecule has 1 aliphatic rings. The number of nitrogens with zero attached hydrogens (tertiary/aromatic N) is 3. The fourth-order valence-corrected chi connectivity index (χ4v) is 2.77. The molecule has 0 fully saturated rings. The van der Waals surface area contributed by atoms with Crippen molar-refractivity contribution in [2.45, 2.75) is 38.5 Å². The van der Waals surface area contributed by atoms with Crippen molar-refractivity contribution in [3.05, 3.63) is 40.1 Å². The van der Waals surface area contributed by atoms with E-state index in [0.717, 1.165) is 16.6 Å². The molecule has 2 atom stereocenters. The Morgan fingerprint density at radius 3 is 3.20 bits per heavy atom. The summed E-state index contributed by atoms with van der Waals surface area (Å²) < 4.78 is 8.69. The number of aromatic nitrogens is 3. The van der Waals surface area contributed by atoms with Gasteiger partial charge in [-0.15, -0.1) is 5.10 Å². The lowest BCUT2D eigenvalue weighted by Crippen LogP contribution is -2.21. The zero-order valence-corrected chi connectivity index (χ0v) is 12.7. The van der Waals surface area contributed by atoms with E-state index < -0.39 is 6.10 Å². The van der Waals surface area contributed by atoms with Crippen molar-refractivity contribution in [3.8, 4) is 5.75 Å². The van der Waals surface area contributed by atoms with Crippen LogP contribution in [0.1, 0.15) is 30.7 Å². The van der Waals surface area contributed by atoms with Gasteiger partial charge in [0.05, 0.1) is 18.8 Å². The molecule has 0 bridgehead atoms. The minimum absolute atomic E-state index is 0.0626. The summed E-state index contributed by atoms with van der Waals surface area (Å²) in [6.45, 7) is 2.55. The fourth-order valence-electron chi connectivity index (χ4n) is 2.36. The third-order valence-electron chi connectivity index (χ3n) is 3.44. The molecule has 1 N–H and O–H groups in total. The molecule has 0 saturated carbocycles. The monoisotopic (exact) mass is 337 g/mol. The van der Waals surface area contributed by atoms with Crippen LogP contribution in [0.5, 0.6) is 5.75 Å². The van der Waals surface area contributed by atoms with E-state index in [1.165, 1.54) is 5.56 Å². The summed E-state index contributed by atoms with van der Waals surface area (Å²) in [5.74, 6) is 0.937. The number of aliphatic hydroxyl groups excluding tert-OH is 1. The van der Waals surface area contributed by atoms with Gasteiger partial charge in [0.25, 0.3) is 0 Å². The number of aliphatic hydroxyl groups is 1. The topological polar surface area (TPSA) is 60.2 Å². The SMILES string of the molecule is CCC(O)c1cn(CC2Cc3cc(Br)ccc3O2)nn1. The van der Waals surface area contributed by atoms with Crippen LogP contribution in [-0.2, 0) is 13.0 Å². The van der Waals surface area contributed by atoms with Gasteiger partial charge in [0, 0.05) is 10.9 Å². The first-order chi connectivity index (χ1) is 9.65. The third-order valence-corrected chi connectivity index (χ3v) is 3.93. The van der Waals surface area contributed by atoms with Crippen molar-refractivity contribution < 1.29 is 9.84 Å². The molecule has 0 radical (unpaired) electrons. The summed E-state index contributed by atoms with van der Waals surface area (Å²) in [6, 6.07) is 6.04. The number of hydrogen-bond acceptors (Lipinski definition) is 4. The van der Waals surface area contributed by atoms with E-state index in [2.05, 4.69) is 32.3 Å². The second-order valence-electron chi connectivity index (χ2n) is 4.99. The molecule has 0 saturated heterocycles. The Morgan fingerprint density at radius 1 is 1.55 bits per heavy atom. The highest BCUT2D eigenvalue weighted by Gasteiger charge is 2.24. The minimum atomic E-state index is -0.540. The maximum absolute atomic E-state index is 9.72. The second-order valence-corrected chi connectivity index (χ2v) is 5.90. The maximum Gasteiger partial charge on any atom is 0.123 e. The molecular weight excluding hydrogens is 322 g/mol. The summed E-state index contributed by atoms with van der Waals surface area (Å²) in [5, 5.41) is 17.8. The van der Waals surface area contributed by atoms with E-state index in [0.29, 0.717) is 18.7 Å². The van der Waals surface area contributed by atoms with Crippen molar-refractivity contribution in [3.63, 3.8) is 0 Å². The van der Waals surface area contributed by atoms with Crippen LogP contribution in [0.2, 0.25) is 0 Å². The van der Waals surface area contributed by atoms with Crippen molar-refractivity contribution in [1.82, 2.24) is 15.0 Å². The average Bonchev–Trinajstić information content (AvgIpc) is 3.04. The summed E-state index contributed by atoms with van der Waals surface area (Å²) >= 11 is 3.47. The molecule has 0 spiro atoms. The van der Waals surface area contributed by atoms with Gasteiger partial charge in [0.2, 0.25) is 0 Å². The average molecular weight is 338 g/mol. The van der Waals surface area contributed by atoms with Gasteiger partial charge in [-0.3, -0.25) is 0 Å². The zero-order chi connectivity index (χ0) is 14.1. The van der Waals surface area contributed by atoms with Crippen LogP contribution >= 0.6 is 15.9 Å². The van der Waals surface area contributed by atoms with Crippen molar-refractivity contribution in [2.75, 3.05) is 0 Å². The van der Waals surface area contributed by atoms with Crippen LogP contribution in [0.25, 0.3) is 0 Å². The molecule has 2 heterocycles. The standard InChI is InChI=1S/C14H16BrN3O2/c1-2-13(19)12-8-18(17-16-12)7-11-6-9-5-10(15)3-4-14(9)20-11/h3-5,8,11,13,19H,2,6-7H2,1H3. The number of ether oxygens (including phenoxy) is 1. The van der Waals surface area contributed by atoms with Gasteiger partial charge < -0.3 is 9.84 Å². The lowest BCUT2D eigenvalue weighted by molar-refractivity contribution is 0.168. The second kappa shape index (κ2) is 5.54. The smallest absolute Gasteiger partial charge is 0.123 e. The lowest BCUT2D eigenvalue weighted by atomic mass is 10.1. The molecule has 3 rings (SSSR count). The van der Waals surface area contributed by atoms with Gasteiger partial charge in [-0.2, -0.15) is 0 Å².